The molecular weight excluding hydrogens is 416 g/mol. The van der Waals surface area contributed by atoms with Gasteiger partial charge in [0.2, 0.25) is 11.8 Å². The maximum absolute atomic E-state index is 13.0. The molecule has 0 radical (unpaired) electrons. The summed E-state index contributed by atoms with van der Waals surface area (Å²) in [4.78, 5) is 39.7. The first-order valence-corrected chi connectivity index (χ1v) is 10.3. The third kappa shape index (κ3) is 3.88. The van der Waals surface area contributed by atoms with E-state index in [1.54, 1.807) is 26.1 Å². The average molecular weight is 439 g/mol. The second kappa shape index (κ2) is 8.07. The highest BCUT2D eigenvalue weighted by atomic mass is 35.5. The molecule has 2 aromatic carbocycles. The summed E-state index contributed by atoms with van der Waals surface area (Å²) >= 11 is 5.86. The van der Waals surface area contributed by atoms with Crippen LogP contribution >= 0.6 is 11.6 Å². The summed E-state index contributed by atoms with van der Waals surface area (Å²) in [5.74, 6) is -0.926. The first-order chi connectivity index (χ1) is 14.8. The third-order valence-corrected chi connectivity index (χ3v) is 6.09. The van der Waals surface area contributed by atoms with Crippen molar-refractivity contribution in [1.82, 2.24) is 20.1 Å². The number of nitrogens with one attached hydrogen (secondary N) is 2. The number of rotatable bonds is 5. The number of hydrogen-bond acceptors (Lipinski definition) is 3. The van der Waals surface area contributed by atoms with E-state index >= 15 is 0 Å². The van der Waals surface area contributed by atoms with Gasteiger partial charge in [0.15, 0.2) is 0 Å². The molecule has 1 aliphatic rings. The average Bonchev–Trinajstić information content (AvgIpc) is 3.14. The van der Waals surface area contributed by atoms with Crippen LogP contribution in [-0.4, -0.2) is 46.3 Å². The minimum absolute atomic E-state index is 0.177. The highest BCUT2D eigenvalue weighted by Gasteiger charge is 2.45. The van der Waals surface area contributed by atoms with Gasteiger partial charge in [-0.15, -0.1) is 0 Å². The predicted molar refractivity (Wildman–Crippen MR) is 119 cm³/mol. The first-order valence-electron chi connectivity index (χ1n) is 9.95. The topological polar surface area (TPSA) is 83.4 Å². The van der Waals surface area contributed by atoms with Crippen LogP contribution < -0.4 is 10.6 Å². The molecule has 0 spiro atoms. The van der Waals surface area contributed by atoms with Crippen LogP contribution in [0, 0.1) is 0 Å². The van der Waals surface area contributed by atoms with Gasteiger partial charge in [0.1, 0.15) is 11.2 Å². The molecule has 1 aliphatic heterocycles. The van der Waals surface area contributed by atoms with Crippen molar-refractivity contribution in [3.05, 3.63) is 70.9 Å². The van der Waals surface area contributed by atoms with Crippen molar-refractivity contribution in [3.8, 4) is 0 Å². The van der Waals surface area contributed by atoms with Gasteiger partial charge in [-0.2, -0.15) is 0 Å². The molecule has 1 aromatic heterocycles. The van der Waals surface area contributed by atoms with E-state index < -0.39 is 5.54 Å². The normalized spacial score (nSPS) is 18.0. The zero-order chi connectivity index (χ0) is 22.2. The van der Waals surface area contributed by atoms with E-state index in [1.807, 2.05) is 47.0 Å². The predicted octanol–water partition coefficient (Wildman–Crippen LogP) is 2.57. The molecular formula is C23H23ClN4O3. The van der Waals surface area contributed by atoms with Gasteiger partial charge >= 0.3 is 0 Å². The molecule has 0 aliphatic carbocycles. The van der Waals surface area contributed by atoms with Crippen molar-refractivity contribution >= 4 is 40.2 Å². The maximum Gasteiger partial charge on any atom is 0.271 e. The maximum atomic E-state index is 13.0. The highest BCUT2D eigenvalue weighted by molar-refractivity contribution is 6.30. The Bertz CT molecular complexity index is 1170. The Hall–Kier alpha value is -3.32. The number of aromatic nitrogens is 1. The number of benzene rings is 2. The Labute approximate surface area is 185 Å². The molecule has 0 bridgehead atoms. The van der Waals surface area contributed by atoms with Crippen molar-refractivity contribution in [2.45, 2.75) is 25.6 Å². The lowest BCUT2D eigenvalue weighted by Crippen LogP contribution is -2.63. The van der Waals surface area contributed by atoms with Crippen LogP contribution in [0.1, 0.15) is 23.0 Å². The molecule has 0 fully saturated rings. The van der Waals surface area contributed by atoms with Crippen LogP contribution in [0.2, 0.25) is 5.02 Å². The molecule has 4 rings (SSSR count). The Balaban J connectivity index is 1.43. The highest BCUT2D eigenvalue weighted by Crippen LogP contribution is 2.31. The molecule has 1 unspecified atom stereocenters. The fourth-order valence-corrected chi connectivity index (χ4v) is 3.93. The molecule has 160 valence electrons. The van der Waals surface area contributed by atoms with Crippen LogP contribution in [-0.2, 0) is 22.7 Å². The van der Waals surface area contributed by atoms with Gasteiger partial charge in [-0.25, -0.2) is 0 Å². The van der Waals surface area contributed by atoms with E-state index in [-0.39, 0.29) is 24.3 Å². The number of para-hydroxylation sites is 1. The van der Waals surface area contributed by atoms with E-state index in [9.17, 15) is 14.4 Å². The van der Waals surface area contributed by atoms with Crippen molar-refractivity contribution in [2.75, 3.05) is 13.6 Å². The SMILES string of the molecule is CN1C(=O)c2cc3ccccc3n2CC1(C)C(=O)NCC(=O)NCc1ccc(Cl)cc1. The Morgan fingerprint density at radius 1 is 1.10 bits per heavy atom. The van der Waals surface area contributed by atoms with E-state index in [1.165, 1.54) is 4.90 Å². The molecule has 0 saturated carbocycles. The van der Waals surface area contributed by atoms with Crippen LogP contribution in [0.4, 0.5) is 0 Å². The van der Waals surface area contributed by atoms with Crippen molar-refractivity contribution in [3.63, 3.8) is 0 Å². The summed E-state index contributed by atoms with van der Waals surface area (Å²) < 4.78 is 1.87. The monoisotopic (exact) mass is 438 g/mol. The van der Waals surface area contributed by atoms with E-state index in [2.05, 4.69) is 10.6 Å². The number of fused-ring (bicyclic) bond motifs is 3. The lowest BCUT2D eigenvalue weighted by molar-refractivity contribution is -0.134. The molecule has 1 atom stereocenters. The fraction of sp³-hybridized carbons (Fsp3) is 0.261. The van der Waals surface area contributed by atoms with Crippen LogP contribution in [0.25, 0.3) is 10.9 Å². The zero-order valence-electron chi connectivity index (χ0n) is 17.3. The molecule has 3 aromatic rings. The quantitative estimate of drug-likeness (QED) is 0.642. The summed E-state index contributed by atoms with van der Waals surface area (Å²) in [5.41, 5.74) is 1.23. The summed E-state index contributed by atoms with van der Waals surface area (Å²) in [6.07, 6.45) is 0. The summed E-state index contributed by atoms with van der Waals surface area (Å²) in [6.45, 7) is 2.17. The van der Waals surface area contributed by atoms with Gasteiger partial charge in [0.25, 0.3) is 5.91 Å². The minimum atomic E-state index is -1.12. The number of nitrogens with zero attached hydrogens (tertiary/aromatic N) is 2. The van der Waals surface area contributed by atoms with E-state index in [0.717, 1.165) is 16.5 Å². The van der Waals surface area contributed by atoms with Gasteiger partial charge in [0.05, 0.1) is 13.1 Å². The van der Waals surface area contributed by atoms with Crippen LogP contribution in [0.3, 0.4) is 0 Å². The minimum Gasteiger partial charge on any atom is -0.350 e. The van der Waals surface area contributed by atoms with Gasteiger partial charge in [-0.1, -0.05) is 41.9 Å². The fourth-order valence-electron chi connectivity index (χ4n) is 3.81. The lowest BCUT2D eigenvalue weighted by Gasteiger charge is -2.41. The van der Waals surface area contributed by atoms with Crippen molar-refractivity contribution < 1.29 is 14.4 Å². The summed E-state index contributed by atoms with van der Waals surface area (Å²) in [6, 6.07) is 16.7. The standard InChI is InChI=1S/C23H23ClN4O3/c1-23(22(31)26-13-20(29)25-12-15-7-9-17(24)10-8-15)14-28-18-6-4-3-5-16(18)11-19(28)21(30)27(23)2/h3-11H,12-14H2,1-2H3,(H,25,29)(H,26,31). The number of carbonyl (C=O) groups excluding carboxylic acids is 3. The summed E-state index contributed by atoms with van der Waals surface area (Å²) in [7, 11) is 1.61. The van der Waals surface area contributed by atoms with Crippen molar-refractivity contribution in [2.24, 2.45) is 0 Å². The second-order valence-corrected chi connectivity index (χ2v) is 8.33. The number of hydrogen-bond donors (Lipinski definition) is 2. The van der Waals surface area contributed by atoms with Gasteiger partial charge < -0.3 is 20.1 Å². The van der Waals surface area contributed by atoms with E-state index in [0.29, 0.717) is 23.8 Å². The Morgan fingerprint density at radius 3 is 2.55 bits per heavy atom. The second-order valence-electron chi connectivity index (χ2n) is 7.90. The first kappa shape index (κ1) is 20.9. The Kier molecular flexibility index (Phi) is 5.45. The van der Waals surface area contributed by atoms with Crippen LogP contribution in [0.15, 0.2) is 54.6 Å². The molecule has 31 heavy (non-hydrogen) atoms. The molecule has 7 nitrogen and oxygen atoms in total. The molecule has 2 N–H and O–H groups in total. The summed E-state index contributed by atoms with van der Waals surface area (Å²) in [5, 5.41) is 7.02. The molecule has 8 heteroatoms. The number of halogens is 1. The lowest BCUT2D eigenvalue weighted by atomic mass is 9.95. The largest absolute Gasteiger partial charge is 0.350 e. The van der Waals surface area contributed by atoms with Crippen molar-refractivity contribution in [1.29, 1.82) is 0 Å². The zero-order valence-corrected chi connectivity index (χ0v) is 18.1. The number of amides is 3. The van der Waals surface area contributed by atoms with Crippen LogP contribution in [0.5, 0.6) is 0 Å². The molecule has 0 saturated heterocycles. The van der Waals surface area contributed by atoms with E-state index in [4.69, 9.17) is 11.6 Å². The number of carbonyl (C=O) groups is 3. The molecule has 3 amide bonds. The van der Waals surface area contributed by atoms with Gasteiger partial charge in [-0.05, 0) is 36.8 Å². The van der Waals surface area contributed by atoms with Gasteiger partial charge in [0, 0.05) is 29.5 Å². The third-order valence-electron chi connectivity index (χ3n) is 5.84. The molecule has 2 heterocycles. The smallest absolute Gasteiger partial charge is 0.271 e. The Morgan fingerprint density at radius 2 is 1.81 bits per heavy atom. The van der Waals surface area contributed by atoms with Gasteiger partial charge in [-0.3, -0.25) is 14.4 Å². The number of likely N-dealkylation sites (N-methyl/N-ethyl adjacent to an activating group) is 1.